The lowest BCUT2D eigenvalue weighted by Gasteiger charge is -1.96. The number of benzene rings is 1. The number of rotatable bonds is 0. The van der Waals surface area contributed by atoms with Crippen molar-refractivity contribution in [1.82, 2.24) is 9.78 Å². The molecule has 0 fully saturated rings. The van der Waals surface area contributed by atoms with Crippen molar-refractivity contribution in [2.45, 2.75) is 0 Å². The van der Waals surface area contributed by atoms with E-state index in [2.05, 4.69) is 5.10 Å². The molecule has 0 aliphatic heterocycles. The molecule has 68 valence electrons. The Labute approximate surface area is 92.8 Å². The molecular weight excluding hydrogens is 305 g/mol. The quantitative estimate of drug-likeness (QED) is 0.684. The van der Waals surface area contributed by atoms with E-state index in [0.717, 1.165) is 5.52 Å². The van der Waals surface area contributed by atoms with Crippen molar-refractivity contribution < 1.29 is 4.39 Å². The molecule has 2 rings (SSSR count). The highest BCUT2D eigenvalue weighted by Crippen LogP contribution is 2.26. The summed E-state index contributed by atoms with van der Waals surface area (Å²) in [5.41, 5.74) is 0.717. The fourth-order valence-electron chi connectivity index (χ4n) is 1.26. The Balaban J connectivity index is 2.97. The van der Waals surface area contributed by atoms with Gasteiger partial charge in [-0.25, -0.2) is 4.39 Å². The van der Waals surface area contributed by atoms with Crippen LogP contribution in [0.15, 0.2) is 12.1 Å². The van der Waals surface area contributed by atoms with E-state index < -0.39 is 0 Å². The molecule has 0 aliphatic rings. The maximum atomic E-state index is 13.4. The minimum atomic E-state index is -0.319. The molecule has 5 heteroatoms. The van der Waals surface area contributed by atoms with Gasteiger partial charge in [0.2, 0.25) is 0 Å². The van der Waals surface area contributed by atoms with Crippen LogP contribution >= 0.6 is 34.2 Å². The minimum absolute atomic E-state index is 0.319. The van der Waals surface area contributed by atoms with E-state index in [0.29, 0.717) is 14.1 Å². The largest absolute Gasteiger partial charge is 0.267 e. The van der Waals surface area contributed by atoms with Crippen molar-refractivity contribution in [3.05, 3.63) is 26.7 Å². The van der Waals surface area contributed by atoms with Gasteiger partial charge in [-0.2, -0.15) is 5.10 Å². The molecule has 0 amide bonds. The van der Waals surface area contributed by atoms with Crippen LogP contribution in [0.2, 0.25) is 5.02 Å². The number of fused-ring (bicyclic) bond motifs is 1. The average Bonchev–Trinajstić information content (AvgIpc) is 2.27. The Morgan fingerprint density at radius 3 is 2.92 bits per heavy atom. The first kappa shape index (κ1) is 9.21. The van der Waals surface area contributed by atoms with E-state index in [9.17, 15) is 4.39 Å². The van der Waals surface area contributed by atoms with Crippen LogP contribution in [0.4, 0.5) is 4.39 Å². The SMILES string of the molecule is Cn1nc(I)c2c(F)cc(Cl)cc21. The Hall–Kier alpha value is -0.360. The van der Waals surface area contributed by atoms with E-state index >= 15 is 0 Å². The molecule has 0 aliphatic carbocycles. The molecule has 2 aromatic rings. The number of hydrogen-bond acceptors (Lipinski definition) is 1. The highest BCUT2D eigenvalue weighted by molar-refractivity contribution is 14.1. The second kappa shape index (κ2) is 3.09. The van der Waals surface area contributed by atoms with Gasteiger partial charge in [0.05, 0.1) is 10.9 Å². The fourth-order valence-corrected chi connectivity index (χ4v) is 2.31. The molecule has 1 aromatic heterocycles. The van der Waals surface area contributed by atoms with Gasteiger partial charge in [-0.1, -0.05) is 11.6 Å². The minimum Gasteiger partial charge on any atom is -0.267 e. The Morgan fingerprint density at radius 1 is 1.54 bits per heavy atom. The zero-order chi connectivity index (χ0) is 9.59. The van der Waals surface area contributed by atoms with Crippen LogP contribution in [-0.2, 0) is 7.05 Å². The second-order valence-electron chi connectivity index (χ2n) is 2.70. The predicted molar refractivity (Wildman–Crippen MR) is 58.4 cm³/mol. The predicted octanol–water partition coefficient (Wildman–Crippen LogP) is 2.97. The average molecular weight is 310 g/mol. The Bertz CT molecular complexity index is 480. The fraction of sp³-hybridized carbons (Fsp3) is 0.125. The third-order valence-electron chi connectivity index (χ3n) is 1.83. The van der Waals surface area contributed by atoms with Crippen LogP contribution in [0.1, 0.15) is 0 Å². The van der Waals surface area contributed by atoms with Gasteiger partial charge in [-0.05, 0) is 34.7 Å². The maximum absolute atomic E-state index is 13.4. The normalized spacial score (nSPS) is 11.1. The van der Waals surface area contributed by atoms with Crippen LogP contribution < -0.4 is 0 Å². The molecule has 1 heterocycles. The lowest BCUT2D eigenvalue weighted by atomic mass is 10.2. The van der Waals surface area contributed by atoms with Crippen molar-refractivity contribution in [2.24, 2.45) is 7.05 Å². The van der Waals surface area contributed by atoms with Gasteiger partial charge in [0.15, 0.2) is 0 Å². The Kier molecular flexibility index (Phi) is 2.19. The molecule has 0 radical (unpaired) electrons. The first-order valence-corrected chi connectivity index (χ1v) is 5.02. The molecule has 0 saturated heterocycles. The standard InChI is InChI=1S/C8H5ClFIN2/c1-13-6-3-4(9)2-5(10)7(6)8(11)12-13/h2-3H,1H3. The van der Waals surface area contributed by atoms with E-state index in [4.69, 9.17) is 11.6 Å². The van der Waals surface area contributed by atoms with E-state index in [1.54, 1.807) is 17.8 Å². The van der Waals surface area contributed by atoms with Crippen molar-refractivity contribution >= 4 is 45.1 Å². The summed E-state index contributed by atoms with van der Waals surface area (Å²) in [4.78, 5) is 0. The highest BCUT2D eigenvalue weighted by atomic mass is 127. The third kappa shape index (κ3) is 1.42. The smallest absolute Gasteiger partial charge is 0.136 e. The lowest BCUT2D eigenvalue weighted by molar-refractivity contribution is 0.639. The zero-order valence-electron chi connectivity index (χ0n) is 6.68. The van der Waals surface area contributed by atoms with Gasteiger partial charge in [-0.3, -0.25) is 4.68 Å². The number of aromatic nitrogens is 2. The summed E-state index contributed by atoms with van der Waals surface area (Å²) in [5, 5.41) is 5.02. The third-order valence-corrected chi connectivity index (χ3v) is 2.80. The first-order valence-electron chi connectivity index (χ1n) is 3.57. The van der Waals surface area contributed by atoms with Gasteiger partial charge < -0.3 is 0 Å². The summed E-state index contributed by atoms with van der Waals surface area (Å²) >= 11 is 7.72. The summed E-state index contributed by atoms with van der Waals surface area (Å²) in [6, 6.07) is 3.00. The monoisotopic (exact) mass is 310 g/mol. The molecule has 1 aromatic carbocycles. The molecule has 0 spiro atoms. The molecule has 0 atom stereocenters. The maximum Gasteiger partial charge on any atom is 0.136 e. The van der Waals surface area contributed by atoms with Gasteiger partial charge in [0.25, 0.3) is 0 Å². The van der Waals surface area contributed by atoms with Gasteiger partial charge in [-0.15, -0.1) is 0 Å². The molecular formula is C8H5ClFIN2. The van der Waals surface area contributed by atoms with Gasteiger partial charge >= 0.3 is 0 Å². The van der Waals surface area contributed by atoms with Gasteiger partial charge in [0, 0.05) is 12.1 Å². The van der Waals surface area contributed by atoms with Crippen LogP contribution in [0.3, 0.4) is 0 Å². The summed E-state index contributed by atoms with van der Waals surface area (Å²) in [6.45, 7) is 0. The molecule has 0 bridgehead atoms. The Morgan fingerprint density at radius 2 is 2.23 bits per heavy atom. The second-order valence-corrected chi connectivity index (χ2v) is 4.15. The van der Waals surface area contributed by atoms with Crippen LogP contribution in [0.5, 0.6) is 0 Å². The lowest BCUT2D eigenvalue weighted by Crippen LogP contribution is -1.89. The summed E-state index contributed by atoms with van der Waals surface area (Å²) in [7, 11) is 1.76. The zero-order valence-corrected chi connectivity index (χ0v) is 9.60. The molecule has 0 saturated carbocycles. The first-order chi connectivity index (χ1) is 6.09. The number of halogens is 3. The molecule has 0 unspecified atom stereocenters. The van der Waals surface area contributed by atoms with Crippen molar-refractivity contribution in [3.63, 3.8) is 0 Å². The van der Waals surface area contributed by atoms with E-state index in [1.807, 2.05) is 22.6 Å². The molecule has 0 N–H and O–H groups in total. The summed E-state index contributed by atoms with van der Waals surface area (Å²) in [5.74, 6) is -0.319. The van der Waals surface area contributed by atoms with Crippen LogP contribution in [0, 0.1) is 9.52 Å². The van der Waals surface area contributed by atoms with Crippen LogP contribution in [-0.4, -0.2) is 9.78 Å². The highest BCUT2D eigenvalue weighted by Gasteiger charge is 2.11. The number of hydrogen-bond donors (Lipinski definition) is 0. The topological polar surface area (TPSA) is 17.8 Å². The summed E-state index contributed by atoms with van der Waals surface area (Å²) < 4.78 is 15.7. The molecule has 2 nitrogen and oxygen atoms in total. The van der Waals surface area contributed by atoms with E-state index in [1.165, 1.54) is 6.07 Å². The molecule has 13 heavy (non-hydrogen) atoms. The van der Waals surface area contributed by atoms with Crippen molar-refractivity contribution in [3.8, 4) is 0 Å². The summed E-state index contributed by atoms with van der Waals surface area (Å²) in [6.07, 6.45) is 0. The number of nitrogens with zero attached hydrogens (tertiary/aromatic N) is 2. The van der Waals surface area contributed by atoms with Crippen molar-refractivity contribution in [2.75, 3.05) is 0 Å². The van der Waals surface area contributed by atoms with Crippen LogP contribution in [0.25, 0.3) is 10.9 Å². The van der Waals surface area contributed by atoms with E-state index in [-0.39, 0.29) is 5.82 Å². The number of aryl methyl sites for hydroxylation is 1. The van der Waals surface area contributed by atoms with Gasteiger partial charge in [0.1, 0.15) is 9.52 Å². The van der Waals surface area contributed by atoms with Crippen molar-refractivity contribution in [1.29, 1.82) is 0 Å².